The molecule has 2 heterocycles. The van der Waals surface area contributed by atoms with Crippen molar-refractivity contribution in [2.24, 2.45) is 0 Å². The Morgan fingerprint density at radius 1 is 1.23 bits per heavy atom. The number of ether oxygens (including phenoxy) is 1. The fraction of sp³-hybridized carbons (Fsp3) is 0.105. The molecule has 1 atom stereocenters. The van der Waals surface area contributed by atoms with Crippen LogP contribution in [0.15, 0.2) is 64.6 Å². The van der Waals surface area contributed by atoms with E-state index in [-0.39, 0.29) is 0 Å². The average Bonchev–Trinajstić information content (AvgIpc) is 3.32. The van der Waals surface area contributed by atoms with Crippen molar-refractivity contribution in [1.82, 2.24) is 4.98 Å². The standard InChI is InChI=1S/C19H16N2O4S/c1-13(25-17(22)10-9-15-8-5-11-24-15)18(23)21-19-20-16(12-26-19)14-6-3-2-4-7-14/h2-13H,1H3,(H,20,21,23)/b10-9+/t13-/m1/s1. The van der Waals surface area contributed by atoms with Crippen LogP contribution < -0.4 is 5.32 Å². The Kier molecular flexibility index (Phi) is 5.60. The predicted octanol–water partition coefficient (Wildman–Crippen LogP) is 3.99. The van der Waals surface area contributed by atoms with E-state index in [1.165, 1.54) is 36.7 Å². The lowest BCUT2D eigenvalue weighted by molar-refractivity contribution is -0.148. The number of thiazole rings is 1. The van der Waals surface area contributed by atoms with Crippen LogP contribution in [0.1, 0.15) is 12.7 Å². The molecular formula is C19H16N2O4S. The number of amides is 1. The van der Waals surface area contributed by atoms with Gasteiger partial charge in [0.2, 0.25) is 0 Å². The summed E-state index contributed by atoms with van der Waals surface area (Å²) < 4.78 is 10.1. The van der Waals surface area contributed by atoms with E-state index < -0.39 is 18.0 Å². The maximum absolute atomic E-state index is 12.2. The molecule has 1 aromatic carbocycles. The molecular weight excluding hydrogens is 352 g/mol. The van der Waals surface area contributed by atoms with Gasteiger partial charge in [-0.3, -0.25) is 10.1 Å². The Bertz CT molecular complexity index is 901. The summed E-state index contributed by atoms with van der Waals surface area (Å²) in [4.78, 5) is 28.3. The number of hydrogen-bond donors (Lipinski definition) is 1. The van der Waals surface area contributed by atoms with Crippen molar-refractivity contribution in [1.29, 1.82) is 0 Å². The third-order valence-corrected chi connectivity index (χ3v) is 4.15. The number of carbonyl (C=O) groups is 2. The van der Waals surface area contributed by atoms with Crippen LogP contribution in [0.2, 0.25) is 0 Å². The normalized spacial score (nSPS) is 12.0. The topological polar surface area (TPSA) is 81.4 Å². The van der Waals surface area contributed by atoms with Crippen LogP contribution in [0, 0.1) is 0 Å². The van der Waals surface area contributed by atoms with E-state index in [0.717, 1.165) is 11.3 Å². The first-order valence-electron chi connectivity index (χ1n) is 7.86. The largest absolute Gasteiger partial charge is 0.465 e. The van der Waals surface area contributed by atoms with E-state index in [4.69, 9.17) is 9.15 Å². The number of hydrogen-bond acceptors (Lipinski definition) is 6. The van der Waals surface area contributed by atoms with E-state index in [1.54, 1.807) is 12.1 Å². The highest BCUT2D eigenvalue weighted by Crippen LogP contribution is 2.24. The van der Waals surface area contributed by atoms with Crippen molar-refractivity contribution in [3.63, 3.8) is 0 Å². The second-order valence-corrected chi connectivity index (χ2v) is 6.18. The molecule has 6 nitrogen and oxygen atoms in total. The first-order chi connectivity index (χ1) is 12.6. The number of anilines is 1. The summed E-state index contributed by atoms with van der Waals surface area (Å²) in [6.45, 7) is 1.50. The summed E-state index contributed by atoms with van der Waals surface area (Å²) in [6.07, 6.45) is 3.23. The quantitative estimate of drug-likeness (QED) is 0.526. The van der Waals surface area contributed by atoms with E-state index in [0.29, 0.717) is 10.9 Å². The monoisotopic (exact) mass is 368 g/mol. The van der Waals surface area contributed by atoms with E-state index in [2.05, 4.69) is 10.3 Å². The minimum absolute atomic E-state index is 0.446. The average molecular weight is 368 g/mol. The molecule has 3 rings (SSSR count). The van der Waals surface area contributed by atoms with Crippen molar-refractivity contribution in [3.05, 3.63) is 65.9 Å². The zero-order chi connectivity index (χ0) is 18.4. The van der Waals surface area contributed by atoms with Gasteiger partial charge in [-0.1, -0.05) is 30.3 Å². The van der Waals surface area contributed by atoms with Crippen molar-refractivity contribution in [2.45, 2.75) is 13.0 Å². The molecule has 0 saturated heterocycles. The van der Waals surface area contributed by atoms with Gasteiger partial charge in [0, 0.05) is 17.0 Å². The molecule has 0 saturated carbocycles. The molecule has 2 aromatic heterocycles. The fourth-order valence-corrected chi connectivity index (χ4v) is 2.81. The fourth-order valence-electron chi connectivity index (χ4n) is 2.08. The van der Waals surface area contributed by atoms with Gasteiger partial charge in [0.1, 0.15) is 5.76 Å². The molecule has 0 unspecified atom stereocenters. The second kappa shape index (κ2) is 8.26. The number of aromatic nitrogens is 1. The molecule has 7 heteroatoms. The molecule has 0 aliphatic carbocycles. The number of benzene rings is 1. The van der Waals surface area contributed by atoms with Gasteiger partial charge in [-0.05, 0) is 25.1 Å². The number of carbonyl (C=O) groups excluding carboxylic acids is 2. The molecule has 1 N–H and O–H groups in total. The molecule has 0 radical (unpaired) electrons. The summed E-state index contributed by atoms with van der Waals surface area (Å²) in [5.41, 5.74) is 1.74. The Morgan fingerprint density at radius 2 is 2.04 bits per heavy atom. The predicted molar refractivity (Wildman–Crippen MR) is 99.5 cm³/mol. The number of furan rings is 1. The molecule has 0 bridgehead atoms. The smallest absolute Gasteiger partial charge is 0.331 e. The molecule has 26 heavy (non-hydrogen) atoms. The van der Waals surface area contributed by atoms with Crippen LogP contribution in [0.4, 0.5) is 5.13 Å². The van der Waals surface area contributed by atoms with Crippen LogP contribution in [-0.2, 0) is 14.3 Å². The van der Waals surface area contributed by atoms with Gasteiger partial charge in [0.15, 0.2) is 11.2 Å². The van der Waals surface area contributed by atoms with Crippen LogP contribution in [0.25, 0.3) is 17.3 Å². The van der Waals surface area contributed by atoms with Gasteiger partial charge in [-0.2, -0.15) is 0 Å². The third-order valence-electron chi connectivity index (χ3n) is 3.39. The molecule has 0 aliphatic rings. The number of esters is 1. The third kappa shape index (κ3) is 4.67. The number of nitrogens with zero attached hydrogens (tertiary/aromatic N) is 1. The first kappa shape index (κ1) is 17.6. The Hall–Kier alpha value is -3.19. The van der Waals surface area contributed by atoms with Gasteiger partial charge in [-0.25, -0.2) is 9.78 Å². The summed E-state index contributed by atoms with van der Waals surface area (Å²) in [5.74, 6) is -0.554. The highest BCUT2D eigenvalue weighted by molar-refractivity contribution is 7.14. The SMILES string of the molecule is C[C@@H](OC(=O)/C=C/c1ccco1)C(=O)Nc1nc(-c2ccccc2)cs1. The first-order valence-corrected chi connectivity index (χ1v) is 8.74. The zero-order valence-corrected chi connectivity index (χ0v) is 14.7. The van der Waals surface area contributed by atoms with Crippen molar-refractivity contribution < 1.29 is 18.7 Å². The Morgan fingerprint density at radius 3 is 2.77 bits per heavy atom. The number of nitrogens with one attached hydrogen (secondary N) is 1. The van der Waals surface area contributed by atoms with Crippen LogP contribution in [0.5, 0.6) is 0 Å². The Labute approximate surface area is 154 Å². The minimum atomic E-state index is -0.951. The maximum atomic E-state index is 12.2. The van der Waals surface area contributed by atoms with Gasteiger partial charge >= 0.3 is 5.97 Å². The lowest BCUT2D eigenvalue weighted by atomic mass is 10.2. The molecule has 0 aliphatic heterocycles. The van der Waals surface area contributed by atoms with Gasteiger partial charge < -0.3 is 9.15 Å². The summed E-state index contributed by atoms with van der Waals surface area (Å²) in [7, 11) is 0. The molecule has 3 aromatic rings. The molecule has 0 fully saturated rings. The van der Waals surface area contributed by atoms with Crippen LogP contribution in [0.3, 0.4) is 0 Å². The highest BCUT2D eigenvalue weighted by atomic mass is 32.1. The minimum Gasteiger partial charge on any atom is -0.465 e. The zero-order valence-electron chi connectivity index (χ0n) is 13.9. The Balaban J connectivity index is 1.54. The number of rotatable bonds is 6. The van der Waals surface area contributed by atoms with Crippen molar-refractivity contribution in [2.75, 3.05) is 5.32 Å². The second-order valence-electron chi connectivity index (χ2n) is 5.32. The molecule has 0 spiro atoms. The van der Waals surface area contributed by atoms with E-state index >= 15 is 0 Å². The van der Waals surface area contributed by atoms with E-state index in [9.17, 15) is 9.59 Å². The van der Waals surface area contributed by atoms with Gasteiger partial charge in [0.25, 0.3) is 5.91 Å². The highest BCUT2D eigenvalue weighted by Gasteiger charge is 2.18. The maximum Gasteiger partial charge on any atom is 0.331 e. The molecule has 1 amide bonds. The van der Waals surface area contributed by atoms with Crippen LogP contribution >= 0.6 is 11.3 Å². The summed E-state index contributed by atoms with van der Waals surface area (Å²) >= 11 is 1.31. The van der Waals surface area contributed by atoms with Crippen LogP contribution in [-0.4, -0.2) is 23.0 Å². The van der Waals surface area contributed by atoms with Gasteiger partial charge in [-0.15, -0.1) is 11.3 Å². The molecule has 132 valence electrons. The lowest BCUT2D eigenvalue weighted by Gasteiger charge is -2.10. The van der Waals surface area contributed by atoms with Crippen molar-refractivity contribution in [3.8, 4) is 11.3 Å². The van der Waals surface area contributed by atoms with Gasteiger partial charge in [0.05, 0.1) is 12.0 Å². The lowest BCUT2D eigenvalue weighted by Crippen LogP contribution is -2.29. The van der Waals surface area contributed by atoms with E-state index in [1.807, 2.05) is 35.7 Å². The summed E-state index contributed by atoms with van der Waals surface area (Å²) in [6, 6.07) is 13.1. The van der Waals surface area contributed by atoms with Crippen molar-refractivity contribution >= 4 is 34.4 Å². The summed E-state index contributed by atoms with van der Waals surface area (Å²) in [5, 5.41) is 4.96.